The van der Waals surface area contributed by atoms with Crippen molar-refractivity contribution in [3.05, 3.63) is 89.5 Å². The van der Waals surface area contributed by atoms with Gasteiger partial charge in [0.1, 0.15) is 18.1 Å². The van der Waals surface area contributed by atoms with Crippen molar-refractivity contribution in [2.24, 2.45) is 5.92 Å². The number of allylic oxidation sites excluding steroid dienone is 2. The molecule has 0 saturated carbocycles. The molecule has 3 aromatic carbocycles. The lowest BCUT2D eigenvalue weighted by atomic mass is 9.85. The van der Waals surface area contributed by atoms with Gasteiger partial charge in [-0.3, -0.25) is 9.59 Å². The zero-order valence-corrected chi connectivity index (χ0v) is 22.5. The Bertz CT molecular complexity index is 1570. The first-order chi connectivity index (χ1) is 19.5. The van der Waals surface area contributed by atoms with E-state index in [-0.39, 0.29) is 37.6 Å². The Hall–Kier alpha value is -4.37. The highest BCUT2D eigenvalue weighted by molar-refractivity contribution is 6.30. The lowest BCUT2D eigenvalue weighted by Gasteiger charge is -2.37. The Morgan fingerprint density at radius 3 is 2.70 bits per heavy atom. The number of anilines is 1. The molecule has 0 fully saturated rings. The van der Waals surface area contributed by atoms with Crippen molar-refractivity contribution in [1.29, 1.82) is 0 Å². The molecule has 204 valence electrons. The summed E-state index contributed by atoms with van der Waals surface area (Å²) in [5.41, 5.74) is 2.90. The average Bonchev–Trinajstić information content (AvgIpc) is 3.61. The number of fused-ring (bicyclic) bond motifs is 2. The van der Waals surface area contributed by atoms with E-state index < -0.39 is 6.04 Å². The van der Waals surface area contributed by atoms with Gasteiger partial charge in [-0.2, -0.15) is 0 Å². The maximum atomic E-state index is 14.1. The Morgan fingerprint density at radius 1 is 1.05 bits per heavy atom. The van der Waals surface area contributed by atoms with E-state index in [1.54, 1.807) is 39.9 Å². The van der Waals surface area contributed by atoms with Gasteiger partial charge in [-0.15, -0.1) is 5.10 Å². The molecule has 0 bridgehead atoms. The highest BCUT2D eigenvalue weighted by atomic mass is 35.5. The molecule has 0 saturated heterocycles. The first-order valence-corrected chi connectivity index (χ1v) is 13.6. The van der Waals surface area contributed by atoms with E-state index in [1.807, 2.05) is 36.4 Å². The van der Waals surface area contributed by atoms with Gasteiger partial charge in [0, 0.05) is 23.3 Å². The summed E-state index contributed by atoms with van der Waals surface area (Å²) in [4.78, 5) is 29.8. The summed E-state index contributed by atoms with van der Waals surface area (Å²) >= 11 is 6.14. The molecule has 0 radical (unpaired) electrons. The number of carbonyl (C=O) groups excluding carboxylic acids is 2. The maximum absolute atomic E-state index is 14.1. The molecule has 6 rings (SSSR count). The number of halogens is 1. The number of ether oxygens (including phenoxy) is 2. The number of rotatable bonds is 8. The summed E-state index contributed by atoms with van der Waals surface area (Å²) in [7, 11) is 0. The molecule has 2 amide bonds. The van der Waals surface area contributed by atoms with Crippen molar-refractivity contribution in [2.45, 2.75) is 38.4 Å². The minimum atomic E-state index is -0.728. The second-order valence-corrected chi connectivity index (χ2v) is 10.4. The number of aromatic nitrogens is 3. The Balaban J connectivity index is 1.34. The van der Waals surface area contributed by atoms with Crippen LogP contribution in [0.3, 0.4) is 0 Å². The van der Waals surface area contributed by atoms with Gasteiger partial charge in [0.25, 0.3) is 0 Å². The van der Waals surface area contributed by atoms with Crippen molar-refractivity contribution < 1.29 is 19.1 Å². The van der Waals surface area contributed by atoms with Gasteiger partial charge < -0.3 is 19.7 Å². The molecule has 1 aliphatic carbocycles. The summed E-state index contributed by atoms with van der Waals surface area (Å²) in [6, 6.07) is 19.4. The molecule has 1 aliphatic heterocycles. The number of amides is 2. The molecule has 2 aliphatic rings. The van der Waals surface area contributed by atoms with Crippen LogP contribution in [0.4, 0.5) is 5.69 Å². The highest BCUT2D eigenvalue weighted by Crippen LogP contribution is 2.35. The molecule has 40 heavy (non-hydrogen) atoms. The Labute approximate surface area is 236 Å². The summed E-state index contributed by atoms with van der Waals surface area (Å²) < 4.78 is 12.5. The topological polar surface area (TPSA) is 98.6 Å². The van der Waals surface area contributed by atoms with Crippen molar-refractivity contribution in [1.82, 2.24) is 19.9 Å². The fourth-order valence-electron chi connectivity index (χ4n) is 5.29. The van der Waals surface area contributed by atoms with Crippen LogP contribution in [-0.4, -0.2) is 44.5 Å². The van der Waals surface area contributed by atoms with E-state index in [1.165, 1.54) is 0 Å². The predicted molar refractivity (Wildman–Crippen MR) is 151 cm³/mol. The number of hydrogen-bond acceptors (Lipinski definition) is 6. The van der Waals surface area contributed by atoms with Gasteiger partial charge in [-0.25, -0.2) is 4.68 Å². The quantitative estimate of drug-likeness (QED) is 0.299. The van der Waals surface area contributed by atoms with Crippen LogP contribution in [-0.2, 0) is 22.7 Å². The minimum absolute atomic E-state index is 0.0511. The van der Waals surface area contributed by atoms with Gasteiger partial charge in [-0.1, -0.05) is 53.2 Å². The third kappa shape index (κ3) is 5.51. The normalized spacial score (nSPS) is 16.6. The maximum Gasteiger partial charge on any atom is 0.247 e. The summed E-state index contributed by atoms with van der Waals surface area (Å²) in [6.07, 6.45) is 6.53. The van der Waals surface area contributed by atoms with Gasteiger partial charge in [0.15, 0.2) is 11.5 Å². The van der Waals surface area contributed by atoms with E-state index in [9.17, 15) is 9.59 Å². The SMILES string of the molecule is O=C(Nc1ccc2c(c1)OCO2)[C@@H]([C@H]1CC=CCC1)N(Cc1ccc(Cl)cc1)C(=O)Cn1nnc2ccccc21. The number of nitrogens with zero attached hydrogens (tertiary/aromatic N) is 4. The van der Waals surface area contributed by atoms with Crippen LogP contribution in [0.25, 0.3) is 11.0 Å². The predicted octanol–water partition coefficient (Wildman–Crippen LogP) is 5.21. The van der Waals surface area contributed by atoms with E-state index in [0.29, 0.717) is 34.1 Å². The number of para-hydroxylation sites is 1. The molecule has 4 aromatic rings. The first kappa shape index (κ1) is 25.9. The molecular formula is C30H28ClN5O4. The molecule has 1 N–H and O–H groups in total. The van der Waals surface area contributed by atoms with Crippen LogP contribution in [0.2, 0.25) is 5.02 Å². The van der Waals surface area contributed by atoms with Crippen molar-refractivity contribution in [2.75, 3.05) is 12.1 Å². The van der Waals surface area contributed by atoms with Crippen molar-refractivity contribution in [3.63, 3.8) is 0 Å². The summed E-state index contributed by atoms with van der Waals surface area (Å²) in [5, 5.41) is 12.1. The second-order valence-electron chi connectivity index (χ2n) is 9.93. The number of carbonyl (C=O) groups is 2. The second kappa shape index (κ2) is 11.4. The molecule has 2 atom stereocenters. The summed E-state index contributed by atoms with van der Waals surface area (Å²) in [5.74, 6) is 0.646. The fourth-order valence-corrected chi connectivity index (χ4v) is 5.41. The van der Waals surface area contributed by atoms with Gasteiger partial charge in [0.05, 0.1) is 5.52 Å². The lowest BCUT2D eigenvalue weighted by molar-refractivity contribution is -0.142. The molecule has 9 nitrogen and oxygen atoms in total. The molecular weight excluding hydrogens is 530 g/mol. The van der Waals surface area contributed by atoms with Crippen LogP contribution in [0.15, 0.2) is 78.9 Å². The third-order valence-electron chi connectivity index (χ3n) is 7.29. The van der Waals surface area contributed by atoms with E-state index in [0.717, 1.165) is 23.9 Å². The van der Waals surface area contributed by atoms with E-state index in [4.69, 9.17) is 21.1 Å². The number of benzene rings is 3. The van der Waals surface area contributed by atoms with E-state index >= 15 is 0 Å². The van der Waals surface area contributed by atoms with Crippen LogP contribution >= 0.6 is 11.6 Å². The van der Waals surface area contributed by atoms with Crippen molar-refractivity contribution in [3.8, 4) is 11.5 Å². The fraction of sp³-hybridized carbons (Fsp3) is 0.267. The minimum Gasteiger partial charge on any atom is -0.454 e. The standard InChI is InChI=1S/C30H28ClN5O4/c31-22-12-10-20(11-13-22)17-35(28(37)18-36-25-9-5-4-8-24(25)33-34-36)29(21-6-2-1-3-7-21)30(38)32-23-14-15-26-27(16-23)40-19-39-26/h1-2,4-5,8-16,21,29H,3,6-7,17-19H2,(H,32,38)/t21-,29+/m0/s1. The van der Waals surface area contributed by atoms with Gasteiger partial charge >= 0.3 is 0 Å². The Kier molecular flexibility index (Phi) is 7.37. The summed E-state index contributed by atoms with van der Waals surface area (Å²) in [6.45, 7) is 0.330. The van der Waals surface area contributed by atoms with Crippen LogP contribution in [0.5, 0.6) is 11.5 Å². The zero-order chi connectivity index (χ0) is 27.5. The number of hydrogen-bond donors (Lipinski definition) is 1. The van der Waals surface area contributed by atoms with Gasteiger partial charge in [0.2, 0.25) is 18.6 Å². The molecule has 1 aromatic heterocycles. The highest BCUT2D eigenvalue weighted by Gasteiger charge is 2.37. The lowest BCUT2D eigenvalue weighted by Crippen LogP contribution is -2.52. The molecule has 2 heterocycles. The van der Waals surface area contributed by atoms with Crippen molar-refractivity contribution >= 4 is 40.1 Å². The molecule has 0 spiro atoms. The third-order valence-corrected chi connectivity index (χ3v) is 7.54. The Morgan fingerprint density at radius 2 is 1.88 bits per heavy atom. The van der Waals surface area contributed by atoms with Crippen LogP contribution in [0.1, 0.15) is 24.8 Å². The smallest absolute Gasteiger partial charge is 0.247 e. The molecule has 10 heteroatoms. The monoisotopic (exact) mass is 557 g/mol. The van der Waals surface area contributed by atoms with Crippen LogP contribution in [0, 0.1) is 5.92 Å². The number of nitrogens with one attached hydrogen (secondary N) is 1. The van der Waals surface area contributed by atoms with E-state index in [2.05, 4.69) is 27.8 Å². The van der Waals surface area contributed by atoms with Gasteiger partial charge in [-0.05, 0) is 67.1 Å². The van der Waals surface area contributed by atoms with Crippen LogP contribution < -0.4 is 14.8 Å². The average molecular weight is 558 g/mol. The largest absolute Gasteiger partial charge is 0.454 e. The first-order valence-electron chi connectivity index (χ1n) is 13.2. The zero-order valence-electron chi connectivity index (χ0n) is 21.7. The molecule has 0 unspecified atom stereocenters.